The summed E-state index contributed by atoms with van der Waals surface area (Å²) >= 11 is 1.55. The van der Waals surface area contributed by atoms with Gasteiger partial charge < -0.3 is 10.1 Å². The highest BCUT2D eigenvalue weighted by molar-refractivity contribution is 7.98. The summed E-state index contributed by atoms with van der Waals surface area (Å²) in [5.41, 5.74) is 1.64. The fourth-order valence-electron chi connectivity index (χ4n) is 2.75. The summed E-state index contributed by atoms with van der Waals surface area (Å²) in [7, 11) is 0. The van der Waals surface area contributed by atoms with Crippen LogP contribution in [-0.4, -0.2) is 24.7 Å². The summed E-state index contributed by atoms with van der Waals surface area (Å²) in [6.07, 6.45) is 2.80. The van der Waals surface area contributed by atoms with Crippen molar-refractivity contribution in [1.29, 1.82) is 0 Å². The quantitative estimate of drug-likeness (QED) is 0.539. The molecule has 0 heterocycles. The number of ether oxygens (including phenoxy) is 1. The van der Waals surface area contributed by atoms with E-state index in [4.69, 9.17) is 4.74 Å². The average molecular weight is 372 g/mol. The number of esters is 1. The fraction of sp³-hybridized carbons (Fsp3) is 0.333. The number of thioether (sulfide) groups is 1. The number of anilines is 1. The number of hydrogen-bond acceptors (Lipinski definition) is 4. The molecular formula is C21H25NO3S. The molecule has 4 nitrogen and oxygen atoms in total. The maximum atomic E-state index is 12.6. The van der Waals surface area contributed by atoms with Crippen LogP contribution in [0, 0.1) is 5.92 Å². The molecule has 0 spiro atoms. The molecule has 1 amide bonds. The highest BCUT2D eigenvalue weighted by Crippen LogP contribution is 2.28. The van der Waals surface area contributed by atoms with Crippen molar-refractivity contribution in [2.24, 2.45) is 5.92 Å². The van der Waals surface area contributed by atoms with Gasteiger partial charge in [0.15, 0.2) is 6.61 Å². The first-order valence-electron chi connectivity index (χ1n) is 8.71. The molecule has 2 atom stereocenters. The Morgan fingerprint density at radius 3 is 2.38 bits per heavy atom. The zero-order chi connectivity index (χ0) is 18.9. The lowest BCUT2D eigenvalue weighted by Gasteiger charge is -2.21. The summed E-state index contributed by atoms with van der Waals surface area (Å²) in [4.78, 5) is 25.8. The Bertz CT molecular complexity index is 733. The molecule has 0 saturated carbocycles. The molecule has 2 rings (SSSR count). The van der Waals surface area contributed by atoms with Gasteiger partial charge in [0.2, 0.25) is 0 Å². The van der Waals surface area contributed by atoms with E-state index in [0.29, 0.717) is 0 Å². The summed E-state index contributed by atoms with van der Waals surface area (Å²) in [5.74, 6) is -0.938. The molecule has 0 aliphatic rings. The second-order valence-corrected chi connectivity index (χ2v) is 6.98. The highest BCUT2D eigenvalue weighted by Gasteiger charge is 2.27. The lowest BCUT2D eigenvalue weighted by atomic mass is 9.86. The Labute approximate surface area is 159 Å². The average Bonchev–Trinajstić information content (AvgIpc) is 2.67. The minimum atomic E-state index is -0.368. The molecule has 5 heteroatoms. The largest absolute Gasteiger partial charge is 0.455 e. The van der Waals surface area contributed by atoms with Crippen LogP contribution in [0.15, 0.2) is 59.5 Å². The maximum absolute atomic E-state index is 12.6. The summed E-state index contributed by atoms with van der Waals surface area (Å²) < 4.78 is 5.33. The van der Waals surface area contributed by atoms with E-state index in [0.717, 1.165) is 22.6 Å². The zero-order valence-electron chi connectivity index (χ0n) is 15.4. The molecule has 0 bridgehead atoms. The van der Waals surface area contributed by atoms with E-state index in [1.54, 1.807) is 11.8 Å². The van der Waals surface area contributed by atoms with Crippen LogP contribution in [0.5, 0.6) is 0 Å². The van der Waals surface area contributed by atoms with Crippen molar-refractivity contribution in [3.63, 3.8) is 0 Å². The monoisotopic (exact) mass is 371 g/mol. The predicted octanol–water partition coefficient (Wildman–Crippen LogP) is 4.72. The fourth-order valence-corrected chi connectivity index (χ4v) is 3.31. The molecule has 0 aromatic heterocycles. The normalized spacial score (nSPS) is 12.9. The molecule has 0 aliphatic carbocycles. The van der Waals surface area contributed by atoms with Crippen molar-refractivity contribution in [1.82, 2.24) is 0 Å². The van der Waals surface area contributed by atoms with Crippen molar-refractivity contribution in [3.8, 4) is 0 Å². The maximum Gasteiger partial charge on any atom is 0.314 e. The Kier molecular flexibility index (Phi) is 7.73. The van der Waals surface area contributed by atoms with Crippen LogP contribution in [0.4, 0.5) is 5.69 Å². The molecule has 0 radical (unpaired) electrons. The van der Waals surface area contributed by atoms with Gasteiger partial charge in [-0.2, -0.15) is 0 Å². The number of nitrogens with one attached hydrogen (secondary N) is 1. The second kappa shape index (κ2) is 10.0. The predicted molar refractivity (Wildman–Crippen MR) is 106 cm³/mol. The van der Waals surface area contributed by atoms with E-state index in [1.807, 2.05) is 74.7 Å². The SMILES string of the molecule is CC[C@H](C)[C@H](C(=O)OCC(=O)Nc1ccccc1SC)c1ccccc1. The molecule has 2 aromatic carbocycles. The number of amides is 1. The first-order valence-corrected chi connectivity index (χ1v) is 9.93. The zero-order valence-corrected chi connectivity index (χ0v) is 16.2. The van der Waals surface area contributed by atoms with E-state index in [2.05, 4.69) is 5.32 Å². The molecule has 1 N–H and O–H groups in total. The Morgan fingerprint density at radius 1 is 1.08 bits per heavy atom. The number of rotatable bonds is 8. The van der Waals surface area contributed by atoms with Crippen LogP contribution in [0.3, 0.4) is 0 Å². The second-order valence-electron chi connectivity index (χ2n) is 6.13. The molecule has 0 fully saturated rings. The molecule has 2 aromatic rings. The molecule has 0 aliphatic heterocycles. The third kappa shape index (κ3) is 5.36. The van der Waals surface area contributed by atoms with Gasteiger partial charge in [0, 0.05) is 4.90 Å². The van der Waals surface area contributed by atoms with Crippen molar-refractivity contribution in [2.75, 3.05) is 18.2 Å². The summed E-state index contributed by atoms with van der Waals surface area (Å²) in [6, 6.07) is 17.1. The highest BCUT2D eigenvalue weighted by atomic mass is 32.2. The topological polar surface area (TPSA) is 55.4 Å². The van der Waals surface area contributed by atoms with E-state index >= 15 is 0 Å². The van der Waals surface area contributed by atoms with Gasteiger partial charge in [0.05, 0.1) is 11.6 Å². The van der Waals surface area contributed by atoms with Crippen molar-refractivity contribution in [3.05, 3.63) is 60.2 Å². The molecule has 0 unspecified atom stereocenters. The van der Waals surface area contributed by atoms with Crippen LogP contribution in [0.25, 0.3) is 0 Å². The van der Waals surface area contributed by atoms with Gasteiger partial charge in [-0.05, 0) is 29.9 Å². The van der Waals surface area contributed by atoms with E-state index < -0.39 is 0 Å². The van der Waals surface area contributed by atoms with Gasteiger partial charge in [-0.15, -0.1) is 11.8 Å². The standard InChI is InChI=1S/C21H25NO3S/c1-4-15(2)20(16-10-6-5-7-11-16)21(24)25-14-19(23)22-17-12-8-9-13-18(17)26-3/h5-13,15,20H,4,14H2,1-3H3,(H,22,23)/t15-,20-/m0/s1. The van der Waals surface area contributed by atoms with Crippen LogP contribution in [0.2, 0.25) is 0 Å². The molecular weight excluding hydrogens is 346 g/mol. The van der Waals surface area contributed by atoms with Gasteiger partial charge in [0.25, 0.3) is 5.91 Å². The van der Waals surface area contributed by atoms with Crippen LogP contribution in [-0.2, 0) is 14.3 Å². The summed E-state index contributed by atoms with van der Waals surface area (Å²) in [6.45, 7) is 3.77. The van der Waals surface area contributed by atoms with E-state index in [1.165, 1.54) is 0 Å². The minimum Gasteiger partial charge on any atom is -0.455 e. The van der Waals surface area contributed by atoms with Crippen molar-refractivity contribution < 1.29 is 14.3 Å². The lowest BCUT2D eigenvalue weighted by Crippen LogP contribution is -2.27. The minimum absolute atomic E-state index is 0.130. The smallest absolute Gasteiger partial charge is 0.314 e. The van der Waals surface area contributed by atoms with Gasteiger partial charge in [-0.25, -0.2) is 0 Å². The Balaban J connectivity index is 2.00. The van der Waals surface area contributed by atoms with Gasteiger partial charge in [-0.1, -0.05) is 62.7 Å². The van der Waals surface area contributed by atoms with Crippen LogP contribution < -0.4 is 5.32 Å². The molecule has 26 heavy (non-hydrogen) atoms. The van der Waals surface area contributed by atoms with Crippen LogP contribution >= 0.6 is 11.8 Å². The van der Waals surface area contributed by atoms with E-state index in [-0.39, 0.29) is 30.3 Å². The first kappa shape index (κ1) is 20.0. The third-order valence-electron chi connectivity index (χ3n) is 4.35. The first-order chi connectivity index (χ1) is 12.6. The number of carbonyl (C=O) groups is 2. The molecule has 138 valence electrons. The van der Waals surface area contributed by atoms with Crippen molar-refractivity contribution in [2.45, 2.75) is 31.1 Å². The molecule has 0 saturated heterocycles. The number of benzene rings is 2. The third-order valence-corrected chi connectivity index (χ3v) is 5.15. The van der Waals surface area contributed by atoms with E-state index in [9.17, 15) is 9.59 Å². The Morgan fingerprint density at radius 2 is 1.73 bits per heavy atom. The van der Waals surface area contributed by atoms with Gasteiger partial charge in [-0.3, -0.25) is 9.59 Å². The van der Waals surface area contributed by atoms with Crippen molar-refractivity contribution >= 4 is 29.3 Å². The number of hydrogen-bond donors (Lipinski definition) is 1. The van der Waals surface area contributed by atoms with Gasteiger partial charge >= 0.3 is 5.97 Å². The summed E-state index contributed by atoms with van der Waals surface area (Å²) in [5, 5.41) is 2.80. The lowest BCUT2D eigenvalue weighted by molar-refractivity contribution is -0.150. The number of carbonyl (C=O) groups excluding carboxylic acids is 2. The van der Waals surface area contributed by atoms with Gasteiger partial charge in [0.1, 0.15) is 0 Å². The number of para-hydroxylation sites is 1. The van der Waals surface area contributed by atoms with Crippen LogP contribution in [0.1, 0.15) is 31.7 Å². The Hall–Kier alpha value is -2.27.